The van der Waals surface area contributed by atoms with Crippen molar-refractivity contribution in [3.8, 4) is 5.75 Å². The second-order valence-electron chi connectivity index (χ2n) is 6.90. The second-order valence-corrected chi connectivity index (χ2v) is 6.90. The third-order valence-corrected chi connectivity index (χ3v) is 4.75. The Kier molecular flexibility index (Phi) is 6.79. The third kappa shape index (κ3) is 5.02. The van der Waals surface area contributed by atoms with Crippen LogP contribution in [0.3, 0.4) is 0 Å². The Bertz CT molecular complexity index is 1020. The first kappa shape index (κ1) is 21.0. The third-order valence-electron chi connectivity index (χ3n) is 4.75. The summed E-state index contributed by atoms with van der Waals surface area (Å²) >= 11 is 0. The summed E-state index contributed by atoms with van der Waals surface area (Å²) in [6.45, 7) is 6.70. The lowest BCUT2D eigenvalue weighted by atomic mass is 10.1. The molecule has 0 saturated carbocycles. The van der Waals surface area contributed by atoms with Crippen LogP contribution in [0.1, 0.15) is 30.9 Å². The quantitative estimate of drug-likeness (QED) is 0.268. The van der Waals surface area contributed by atoms with Gasteiger partial charge in [0.15, 0.2) is 0 Å². The average Bonchev–Trinajstić information content (AvgIpc) is 2.73. The molecule has 8 nitrogen and oxygen atoms in total. The highest BCUT2D eigenvalue weighted by atomic mass is 16.6. The van der Waals surface area contributed by atoms with Crippen molar-refractivity contribution in [1.29, 1.82) is 0 Å². The molecule has 0 bridgehead atoms. The summed E-state index contributed by atoms with van der Waals surface area (Å²) in [5.41, 5.74) is 3.28. The van der Waals surface area contributed by atoms with E-state index in [0.29, 0.717) is 12.3 Å². The zero-order valence-electron chi connectivity index (χ0n) is 17.3. The Morgan fingerprint density at radius 3 is 2.40 bits per heavy atom. The summed E-state index contributed by atoms with van der Waals surface area (Å²) in [6, 6.07) is 13.0. The van der Waals surface area contributed by atoms with E-state index >= 15 is 0 Å². The molecule has 3 aromatic rings. The molecule has 0 aliphatic heterocycles. The van der Waals surface area contributed by atoms with Gasteiger partial charge in [-0.1, -0.05) is 25.5 Å². The summed E-state index contributed by atoms with van der Waals surface area (Å²) in [5.74, 6) is 0.997. The van der Waals surface area contributed by atoms with E-state index in [1.165, 1.54) is 6.33 Å². The van der Waals surface area contributed by atoms with Gasteiger partial charge >= 0.3 is 5.69 Å². The molecule has 1 aromatic heterocycles. The largest absolute Gasteiger partial charge is 0.494 e. The zero-order chi connectivity index (χ0) is 21.5. The minimum absolute atomic E-state index is 0.113. The minimum atomic E-state index is -0.488. The molecule has 2 N–H and O–H groups in total. The highest BCUT2D eigenvalue weighted by Gasteiger charge is 2.23. The predicted octanol–water partition coefficient (Wildman–Crippen LogP) is 5.67. The van der Waals surface area contributed by atoms with Crippen molar-refractivity contribution in [3.63, 3.8) is 0 Å². The monoisotopic (exact) mass is 407 g/mol. The first-order valence-electron chi connectivity index (χ1n) is 9.82. The van der Waals surface area contributed by atoms with Gasteiger partial charge in [-0.3, -0.25) is 10.1 Å². The van der Waals surface area contributed by atoms with E-state index in [2.05, 4.69) is 27.5 Å². The molecule has 156 valence electrons. The number of aryl methyl sites for hydroxylation is 1. The molecule has 0 saturated heterocycles. The number of nitrogens with one attached hydrogen (secondary N) is 2. The molecule has 0 unspecified atom stereocenters. The predicted molar refractivity (Wildman–Crippen MR) is 118 cm³/mol. The number of ether oxygens (including phenoxy) is 1. The number of anilines is 4. The van der Waals surface area contributed by atoms with Crippen LogP contribution >= 0.6 is 0 Å². The number of benzene rings is 2. The molecule has 0 radical (unpaired) electrons. The molecule has 0 aliphatic carbocycles. The number of hydrogen-bond donors (Lipinski definition) is 2. The highest BCUT2D eigenvalue weighted by Crippen LogP contribution is 2.34. The molecule has 0 amide bonds. The van der Waals surface area contributed by atoms with Crippen molar-refractivity contribution in [2.24, 2.45) is 0 Å². The van der Waals surface area contributed by atoms with Gasteiger partial charge in [-0.15, -0.1) is 0 Å². The number of aromatic nitrogens is 2. The molecule has 0 atom stereocenters. The van der Waals surface area contributed by atoms with Gasteiger partial charge in [0.2, 0.25) is 11.6 Å². The summed E-state index contributed by atoms with van der Waals surface area (Å²) in [4.78, 5) is 19.5. The van der Waals surface area contributed by atoms with Crippen LogP contribution < -0.4 is 15.4 Å². The molecule has 3 rings (SSSR count). The lowest BCUT2D eigenvalue weighted by molar-refractivity contribution is -0.383. The van der Waals surface area contributed by atoms with E-state index in [-0.39, 0.29) is 17.3 Å². The van der Waals surface area contributed by atoms with E-state index < -0.39 is 4.92 Å². The first-order chi connectivity index (χ1) is 14.5. The Balaban J connectivity index is 1.84. The SMILES string of the molecule is CCCCOc1ccc(Nc2ncnc(Nc3cccc(C)c3C)c2[N+](=O)[O-])cc1. The maximum absolute atomic E-state index is 11.8. The fraction of sp³-hybridized carbons (Fsp3) is 0.273. The molecular formula is C22H25N5O3. The van der Waals surface area contributed by atoms with Crippen molar-refractivity contribution in [3.05, 3.63) is 70.0 Å². The van der Waals surface area contributed by atoms with Gasteiger partial charge in [0.25, 0.3) is 0 Å². The zero-order valence-corrected chi connectivity index (χ0v) is 17.3. The molecular weight excluding hydrogens is 382 g/mol. The topological polar surface area (TPSA) is 102 Å². The van der Waals surface area contributed by atoms with Crippen LogP contribution in [0, 0.1) is 24.0 Å². The van der Waals surface area contributed by atoms with Crippen LogP contribution in [-0.2, 0) is 0 Å². The highest BCUT2D eigenvalue weighted by molar-refractivity contribution is 5.77. The number of rotatable bonds is 9. The maximum atomic E-state index is 11.8. The fourth-order valence-electron chi connectivity index (χ4n) is 2.85. The van der Waals surface area contributed by atoms with Crippen molar-refractivity contribution < 1.29 is 9.66 Å². The molecule has 0 fully saturated rings. The molecule has 0 aliphatic rings. The number of hydrogen-bond acceptors (Lipinski definition) is 7. The van der Waals surface area contributed by atoms with Crippen LogP contribution in [-0.4, -0.2) is 21.5 Å². The normalized spacial score (nSPS) is 10.5. The van der Waals surface area contributed by atoms with Gasteiger partial charge in [-0.05, 0) is 61.7 Å². The number of unbranched alkanes of at least 4 members (excludes halogenated alkanes) is 1. The second kappa shape index (κ2) is 9.69. The van der Waals surface area contributed by atoms with Gasteiger partial charge in [0, 0.05) is 11.4 Å². The Morgan fingerprint density at radius 1 is 1.03 bits per heavy atom. The Morgan fingerprint density at radius 2 is 1.73 bits per heavy atom. The maximum Gasteiger partial charge on any atom is 0.353 e. The van der Waals surface area contributed by atoms with Crippen molar-refractivity contribution >= 4 is 28.7 Å². The van der Waals surface area contributed by atoms with E-state index in [9.17, 15) is 10.1 Å². The van der Waals surface area contributed by atoms with Crippen LogP contribution in [0.4, 0.5) is 28.7 Å². The van der Waals surface area contributed by atoms with Crippen molar-refractivity contribution in [2.75, 3.05) is 17.2 Å². The fourth-order valence-corrected chi connectivity index (χ4v) is 2.85. The van der Waals surface area contributed by atoms with E-state index in [1.54, 1.807) is 12.1 Å². The van der Waals surface area contributed by atoms with Crippen molar-refractivity contribution in [2.45, 2.75) is 33.6 Å². The molecule has 0 spiro atoms. The van der Waals surface area contributed by atoms with Crippen molar-refractivity contribution in [1.82, 2.24) is 9.97 Å². The molecule has 1 heterocycles. The molecule has 2 aromatic carbocycles. The van der Waals surface area contributed by atoms with Gasteiger partial charge in [-0.25, -0.2) is 9.97 Å². The lowest BCUT2D eigenvalue weighted by Crippen LogP contribution is -2.06. The van der Waals surface area contributed by atoms with Crippen LogP contribution in [0.2, 0.25) is 0 Å². The lowest BCUT2D eigenvalue weighted by Gasteiger charge is -2.13. The van der Waals surface area contributed by atoms with Crippen LogP contribution in [0.15, 0.2) is 48.8 Å². The first-order valence-corrected chi connectivity index (χ1v) is 9.82. The van der Waals surface area contributed by atoms with Gasteiger partial charge in [0.05, 0.1) is 11.5 Å². The summed E-state index contributed by atoms with van der Waals surface area (Å²) in [5, 5.41) is 17.9. The Hall–Kier alpha value is -3.68. The number of nitro groups is 1. The molecule has 8 heteroatoms. The Labute approximate surface area is 175 Å². The average molecular weight is 407 g/mol. The van der Waals surface area contributed by atoms with E-state index in [0.717, 1.165) is 35.4 Å². The molecule has 30 heavy (non-hydrogen) atoms. The number of nitrogens with zero attached hydrogens (tertiary/aromatic N) is 3. The summed E-state index contributed by atoms with van der Waals surface area (Å²) in [6.07, 6.45) is 3.35. The van der Waals surface area contributed by atoms with E-state index in [1.807, 2.05) is 44.2 Å². The minimum Gasteiger partial charge on any atom is -0.494 e. The standard InChI is InChI=1S/C22H25N5O3/c1-4-5-13-30-18-11-9-17(10-12-18)25-21-20(27(28)29)22(24-14-23-21)26-19-8-6-7-15(2)16(19)3/h6-12,14H,4-5,13H2,1-3H3,(H2,23,24,25,26). The van der Waals surface area contributed by atoms with E-state index in [4.69, 9.17) is 4.74 Å². The smallest absolute Gasteiger partial charge is 0.353 e. The van der Waals surface area contributed by atoms with Crippen LogP contribution in [0.25, 0.3) is 0 Å². The van der Waals surface area contributed by atoms with Gasteiger partial charge < -0.3 is 15.4 Å². The summed E-state index contributed by atoms with van der Waals surface area (Å²) in [7, 11) is 0. The van der Waals surface area contributed by atoms with Crippen LogP contribution in [0.5, 0.6) is 5.75 Å². The summed E-state index contributed by atoms with van der Waals surface area (Å²) < 4.78 is 5.65. The van der Waals surface area contributed by atoms with Gasteiger partial charge in [0.1, 0.15) is 12.1 Å². The van der Waals surface area contributed by atoms with Gasteiger partial charge in [-0.2, -0.15) is 0 Å².